The number of allylic oxidation sites excluding steroid dienone is 4. The molecule has 6 heteroatoms. The molecular formula is C30H29F4NO. The van der Waals surface area contributed by atoms with Gasteiger partial charge in [-0.15, -0.1) is 0 Å². The molecule has 0 N–H and O–H groups in total. The minimum atomic E-state index is -1.23. The molecule has 0 bridgehead atoms. The summed E-state index contributed by atoms with van der Waals surface area (Å²) in [6.45, 7) is 1.88. The minimum Gasteiger partial charge on any atom is -0.380 e. The Morgan fingerprint density at radius 3 is 2.25 bits per heavy atom. The molecule has 1 aliphatic carbocycles. The number of hydrogen-bond donors (Lipinski definition) is 0. The van der Waals surface area contributed by atoms with Crippen molar-refractivity contribution in [2.75, 3.05) is 7.11 Å². The Bertz CT molecular complexity index is 1280. The van der Waals surface area contributed by atoms with E-state index in [9.17, 15) is 8.78 Å². The molecule has 3 aromatic rings. The molecule has 1 aromatic heterocycles. The molecule has 0 fully saturated rings. The largest absolute Gasteiger partial charge is 0.380 e. The quantitative estimate of drug-likeness (QED) is 0.232. The molecule has 1 heterocycles. The fourth-order valence-electron chi connectivity index (χ4n) is 4.67. The molecule has 4 rings (SSSR count). The highest BCUT2D eigenvalue weighted by Gasteiger charge is 2.24. The van der Waals surface area contributed by atoms with E-state index < -0.39 is 23.3 Å². The lowest BCUT2D eigenvalue weighted by atomic mass is 9.82. The summed E-state index contributed by atoms with van der Waals surface area (Å²) >= 11 is 0. The van der Waals surface area contributed by atoms with Crippen LogP contribution in [0.2, 0.25) is 0 Å². The Morgan fingerprint density at radius 1 is 0.917 bits per heavy atom. The summed E-state index contributed by atoms with van der Waals surface area (Å²) in [7, 11) is 1.36. The van der Waals surface area contributed by atoms with Crippen LogP contribution in [0.4, 0.5) is 17.6 Å². The molecule has 0 aliphatic heterocycles. The van der Waals surface area contributed by atoms with Gasteiger partial charge in [-0.2, -0.15) is 0 Å². The van der Waals surface area contributed by atoms with E-state index in [1.807, 2.05) is 25.3 Å². The van der Waals surface area contributed by atoms with Crippen molar-refractivity contribution in [2.45, 2.75) is 51.6 Å². The van der Waals surface area contributed by atoms with Gasteiger partial charge < -0.3 is 4.74 Å². The van der Waals surface area contributed by atoms with E-state index in [0.29, 0.717) is 18.4 Å². The van der Waals surface area contributed by atoms with E-state index in [4.69, 9.17) is 4.74 Å². The van der Waals surface area contributed by atoms with Crippen LogP contribution in [0.25, 0.3) is 16.7 Å². The maximum atomic E-state index is 15.1. The number of methoxy groups -OCH3 is 1. The Hall–Kier alpha value is -3.25. The number of halogens is 4. The van der Waals surface area contributed by atoms with E-state index in [2.05, 4.69) is 23.2 Å². The fourth-order valence-corrected chi connectivity index (χ4v) is 4.67. The van der Waals surface area contributed by atoms with Crippen LogP contribution in [0.3, 0.4) is 0 Å². The van der Waals surface area contributed by atoms with Crippen molar-refractivity contribution in [3.63, 3.8) is 0 Å². The van der Waals surface area contributed by atoms with Crippen molar-refractivity contribution < 1.29 is 22.3 Å². The molecular weight excluding hydrogens is 466 g/mol. The Balaban J connectivity index is 1.51. The van der Waals surface area contributed by atoms with Crippen molar-refractivity contribution in [1.82, 2.24) is 4.98 Å². The first kappa shape index (κ1) is 25.8. The average Bonchev–Trinajstić information content (AvgIpc) is 2.90. The molecule has 0 radical (unpaired) electrons. The van der Waals surface area contributed by atoms with Crippen LogP contribution in [0.5, 0.6) is 0 Å². The second-order valence-electron chi connectivity index (χ2n) is 9.01. The lowest BCUT2D eigenvalue weighted by molar-refractivity contribution is 0.180. The number of rotatable bonds is 8. The van der Waals surface area contributed by atoms with Gasteiger partial charge in [0.05, 0.1) is 6.61 Å². The maximum absolute atomic E-state index is 15.1. The number of aromatic nitrogens is 1. The maximum Gasteiger partial charge on any atom is 0.167 e. The number of ether oxygens (including phenoxy) is 1. The third-order valence-electron chi connectivity index (χ3n) is 6.71. The molecule has 2 aromatic carbocycles. The van der Waals surface area contributed by atoms with Gasteiger partial charge in [0.1, 0.15) is 0 Å². The zero-order valence-corrected chi connectivity index (χ0v) is 20.5. The summed E-state index contributed by atoms with van der Waals surface area (Å²) in [5.41, 5.74) is 2.43. The van der Waals surface area contributed by atoms with Crippen LogP contribution in [0.15, 0.2) is 60.8 Å². The van der Waals surface area contributed by atoms with Crippen LogP contribution in [0, 0.1) is 23.3 Å². The molecule has 1 atom stereocenters. The van der Waals surface area contributed by atoms with Crippen LogP contribution in [-0.4, -0.2) is 12.1 Å². The average molecular weight is 496 g/mol. The predicted molar refractivity (Wildman–Crippen MR) is 134 cm³/mol. The highest BCUT2D eigenvalue weighted by Crippen LogP contribution is 2.39. The standard InChI is InChI=1S/C30H29F4NO/c1-3-4-5-6-23-13-11-21(17-35-23)19-7-9-20(10-8-19)24-15-16-26(30(34)28(24)32)25-14-12-22(18-36-2)27(31)29(25)33/h3-4,9,11-17,19H,5-8,10,18H2,1-2H3/b4-3+. The van der Waals surface area contributed by atoms with E-state index in [1.54, 1.807) is 0 Å². The monoisotopic (exact) mass is 495 g/mol. The van der Waals surface area contributed by atoms with Gasteiger partial charge in [0.25, 0.3) is 0 Å². The fraction of sp³-hybridized carbons (Fsp3) is 0.300. The molecule has 1 aliphatic rings. The SMILES string of the molecule is C/C=C/CCc1ccc(C2CC=C(c3ccc(-c4ccc(COC)c(F)c4F)c(F)c3F)CC2)cn1. The van der Waals surface area contributed by atoms with Crippen molar-refractivity contribution in [3.8, 4) is 11.1 Å². The molecule has 0 saturated carbocycles. The summed E-state index contributed by atoms with van der Waals surface area (Å²) in [5.74, 6) is -4.33. The van der Waals surface area contributed by atoms with E-state index >= 15 is 8.78 Å². The number of hydrogen-bond acceptors (Lipinski definition) is 2. The zero-order chi connectivity index (χ0) is 25.7. The summed E-state index contributed by atoms with van der Waals surface area (Å²) < 4.78 is 63.9. The molecule has 2 nitrogen and oxygen atoms in total. The number of pyridine rings is 1. The molecule has 1 unspecified atom stereocenters. The molecule has 0 amide bonds. The minimum absolute atomic E-state index is 0.0108. The van der Waals surface area contributed by atoms with E-state index in [-0.39, 0.29) is 34.8 Å². The lowest BCUT2D eigenvalue weighted by Crippen LogP contribution is -2.07. The topological polar surface area (TPSA) is 22.1 Å². The second kappa shape index (κ2) is 11.7. The van der Waals surface area contributed by atoms with Crippen LogP contribution < -0.4 is 0 Å². The van der Waals surface area contributed by atoms with Gasteiger partial charge in [-0.05, 0) is 62.1 Å². The highest BCUT2D eigenvalue weighted by atomic mass is 19.2. The predicted octanol–water partition coefficient (Wildman–Crippen LogP) is 8.31. The number of benzene rings is 2. The lowest BCUT2D eigenvalue weighted by Gasteiger charge is -2.23. The van der Waals surface area contributed by atoms with Crippen LogP contribution in [-0.2, 0) is 17.8 Å². The van der Waals surface area contributed by atoms with Gasteiger partial charge in [0.15, 0.2) is 23.3 Å². The number of nitrogens with zero attached hydrogens (tertiary/aromatic N) is 1. The number of aryl methyl sites for hydroxylation is 1. The van der Waals surface area contributed by atoms with Crippen molar-refractivity contribution in [1.29, 1.82) is 0 Å². The summed E-state index contributed by atoms with van der Waals surface area (Å²) in [5, 5.41) is 0. The van der Waals surface area contributed by atoms with Gasteiger partial charge in [0, 0.05) is 41.3 Å². The Kier molecular flexibility index (Phi) is 8.36. The van der Waals surface area contributed by atoms with E-state index in [0.717, 1.165) is 30.5 Å². The Labute approximate surface area is 209 Å². The molecule has 36 heavy (non-hydrogen) atoms. The first-order valence-corrected chi connectivity index (χ1v) is 12.1. The molecule has 188 valence electrons. The summed E-state index contributed by atoms with van der Waals surface area (Å²) in [4.78, 5) is 4.57. The third kappa shape index (κ3) is 5.44. The first-order valence-electron chi connectivity index (χ1n) is 12.1. The van der Waals surface area contributed by atoms with Gasteiger partial charge in [-0.25, -0.2) is 17.6 Å². The highest BCUT2D eigenvalue weighted by molar-refractivity contribution is 5.72. The summed E-state index contributed by atoms with van der Waals surface area (Å²) in [6.07, 6.45) is 11.9. The summed E-state index contributed by atoms with van der Waals surface area (Å²) in [6, 6.07) is 9.47. The third-order valence-corrected chi connectivity index (χ3v) is 6.71. The van der Waals surface area contributed by atoms with E-state index in [1.165, 1.54) is 31.4 Å². The van der Waals surface area contributed by atoms with Crippen LogP contribution >= 0.6 is 0 Å². The van der Waals surface area contributed by atoms with Gasteiger partial charge in [0.2, 0.25) is 0 Å². The molecule has 0 spiro atoms. The van der Waals surface area contributed by atoms with Crippen LogP contribution in [0.1, 0.15) is 60.9 Å². The zero-order valence-electron chi connectivity index (χ0n) is 20.5. The van der Waals surface area contributed by atoms with Gasteiger partial charge in [-0.1, -0.05) is 48.6 Å². The second-order valence-corrected chi connectivity index (χ2v) is 9.01. The van der Waals surface area contributed by atoms with Crippen molar-refractivity contribution in [3.05, 3.63) is 106 Å². The Morgan fingerprint density at radius 2 is 1.61 bits per heavy atom. The van der Waals surface area contributed by atoms with Crippen molar-refractivity contribution in [2.24, 2.45) is 0 Å². The van der Waals surface area contributed by atoms with Gasteiger partial charge in [-0.3, -0.25) is 4.98 Å². The molecule has 0 saturated heterocycles. The first-order chi connectivity index (χ1) is 17.4. The normalized spacial score (nSPS) is 15.9. The smallest absolute Gasteiger partial charge is 0.167 e. The van der Waals surface area contributed by atoms with Gasteiger partial charge >= 0.3 is 0 Å². The van der Waals surface area contributed by atoms with Crippen molar-refractivity contribution >= 4 is 5.57 Å².